The molecule has 16 heavy (non-hydrogen) atoms. The maximum absolute atomic E-state index is 3.35. The molecule has 72 valence electrons. The highest BCUT2D eigenvalue weighted by Crippen LogP contribution is 2.33. The second-order valence-electron chi connectivity index (χ2n) is 4.12. The van der Waals surface area contributed by atoms with Crippen molar-refractivity contribution in [3.05, 3.63) is 60.7 Å². The highest BCUT2D eigenvalue weighted by Gasteiger charge is 2.06. The van der Waals surface area contributed by atoms with Gasteiger partial charge >= 0.3 is 0 Å². The summed E-state index contributed by atoms with van der Waals surface area (Å²) in [5.74, 6) is 0. The molecule has 0 aliphatic carbocycles. The molecule has 0 unspecified atom stereocenters. The van der Waals surface area contributed by atoms with Gasteiger partial charge in [0.05, 0.1) is 0 Å². The van der Waals surface area contributed by atoms with Crippen LogP contribution in [0.1, 0.15) is 0 Å². The lowest BCUT2D eigenvalue weighted by molar-refractivity contribution is 1.77. The molecular weight excluding hydrogens is 192 g/mol. The van der Waals surface area contributed by atoms with Crippen molar-refractivity contribution in [1.82, 2.24) is 0 Å². The third kappa shape index (κ3) is 0.892. The van der Waals surface area contributed by atoms with Gasteiger partial charge in [-0.2, -0.15) is 0 Å². The standard InChI is InChI=1S/C16H8/c1-3-11-7-9-13-5-2-6-14-10-8-12(4-1)15(11)16(13)14/h1-7,10H. The summed E-state index contributed by atoms with van der Waals surface area (Å²) < 4.78 is 0. The Bertz CT molecular complexity index is 667. The molecule has 0 N–H and O–H groups in total. The molecule has 2 radical (unpaired) electrons. The Balaban J connectivity index is 2.51. The fourth-order valence-corrected chi connectivity index (χ4v) is 2.49. The highest BCUT2D eigenvalue weighted by molar-refractivity contribution is 6.22. The lowest BCUT2D eigenvalue weighted by atomic mass is 9.95. The van der Waals surface area contributed by atoms with E-state index in [1.54, 1.807) is 0 Å². The molecule has 0 nitrogen and oxygen atoms in total. The molecule has 0 aliphatic rings. The topological polar surface area (TPSA) is 0 Å². The minimum atomic E-state index is 1.19. The molecule has 0 spiro atoms. The molecule has 0 atom stereocenters. The molecule has 0 amide bonds. The zero-order chi connectivity index (χ0) is 10.5. The Hall–Kier alpha value is -2.08. The summed E-state index contributed by atoms with van der Waals surface area (Å²) >= 11 is 0. The van der Waals surface area contributed by atoms with E-state index in [1.807, 2.05) is 0 Å². The lowest BCUT2D eigenvalue weighted by Gasteiger charge is -2.08. The first-order valence-corrected chi connectivity index (χ1v) is 5.39. The number of benzene rings is 4. The van der Waals surface area contributed by atoms with Crippen LogP contribution in [0.5, 0.6) is 0 Å². The highest BCUT2D eigenvalue weighted by atomic mass is 14.1. The molecule has 4 rings (SSSR count). The second-order valence-corrected chi connectivity index (χ2v) is 4.12. The Morgan fingerprint density at radius 3 is 1.62 bits per heavy atom. The van der Waals surface area contributed by atoms with Gasteiger partial charge in [-0.15, -0.1) is 0 Å². The smallest absolute Gasteiger partial charge is 0.00201 e. The third-order valence-electron chi connectivity index (χ3n) is 3.21. The van der Waals surface area contributed by atoms with Crippen molar-refractivity contribution >= 4 is 32.3 Å². The van der Waals surface area contributed by atoms with Crippen LogP contribution in [0.3, 0.4) is 0 Å². The summed E-state index contributed by atoms with van der Waals surface area (Å²) in [5, 5.41) is 7.50. The fourth-order valence-electron chi connectivity index (χ4n) is 2.49. The first-order valence-electron chi connectivity index (χ1n) is 5.39. The van der Waals surface area contributed by atoms with Crippen LogP contribution in [-0.2, 0) is 0 Å². The maximum Gasteiger partial charge on any atom is -0.00201 e. The van der Waals surface area contributed by atoms with Crippen molar-refractivity contribution in [2.24, 2.45) is 0 Å². The molecule has 0 saturated carbocycles. The van der Waals surface area contributed by atoms with Crippen molar-refractivity contribution in [3.8, 4) is 0 Å². The minimum Gasteiger partial charge on any atom is -0.0610 e. The van der Waals surface area contributed by atoms with Crippen molar-refractivity contribution in [1.29, 1.82) is 0 Å². The van der Waals surface area contributed by atoms with Crippen LogP contribution in [-0.4, -0.2) is 0 Å². The molecule has 4 aromatic carbocycles. The molecule has 0 fully saturated rings. The first kappa shape index (κ1) is 8.12. The zero-order valence-electron chi connectivity index (χ0n) is 8.62. The van der Waals surface area contributed by atoms with Crippen molar-refractivity contribution in [2.45, 2.75) is 0 Å². The van der Waals surface area contributed by atoms with Gasteiger partial charge in [-0.3, -0.25) is 0 Å². The van der Waals surface area contributed by atoms with Crippen LogP contribution in [0.25, 0.3) is 32.3 Å². The predicted octanol–water partition coefficient (Wildman–Crippen LogP) is 4.18. The van der Waals surface area contributed by atoms with Gasteiger partial charge in [0.25, 0.3) is 0 Å². The fraction of sp³-hybridized carbons (Fsp3) is 0. The molecule has 0 heterocycles. The number of rotatable bonds is 0. The summed E-state index contributed by atoms with van der Waals surface area (Å²) in [6, 6.07) is 23.5. The van der Waals surface area contributed by atoms with E-state index in [4.69, 9.17) is 0 Å². The van der Waals surface area contributed by atoms with E-state index < -0.39 is 0 Å². The van der Waals surface area contributed by atoms with Gasteiger partial charge in [-0.1, -0.05) is 36.4 Å². The molecule has 0 aliphatic heterocycles. The van der Waals surface area contributed by atoms with Crippen LogP contribution in [0.2, 0.25) is 0 Å². The summed E-state index contributed by atoms with van der Waals surface area (Å²) in [6.45, 7) is 0. The quantitative estimate of drug-likeness (QED) is 0.373. The Kier molecular flexibility index (Phi) is 1.39. The lowest BCUT2D eigenvalue weighted by Crippen LogP contribution is -1.82. The van der Waals surface area contributed by atoms with Gasteiger partial charge < -0.3 is 0 Å². The largest absolute Gasteiger partial charge is 0.0610 e. The van der Waals surface area contributed by atoms with E-state index >= 15 is 0 Å². The first-order chi connectivity index (χ1) is 7.93. The molecular formula is C16H8. The minimum absolute atomic E-state index is 1.19. The zero-order valence-corrected chi connectivity index (χ0v) is 8.62. The van der Waals surface area contributed by atoms with E-state index in [2.05, 4.69) is 60.7 Å². The summed E-state index contributed by atoms with van der Waals surface area (Å²) in [5.41, 5.74) is 0. The number of hydrogen-bond donors (Lipinski definition) is 0. The van der Waals surface area contributed by atoms with Gasteiger partial charge in [-0.25, -0.2) is 0 Å². The number of hydrogen-bond acceptors (Lipinski definition) is 0. The van der Waals surface area contributed by atoms with E-state index in [0.29, 0.717) is 0 Å². The van der Waals surface area contributed by atoms with Gasteiger partial charge in [0, 0.05) is 0 Å². The van der Waals surface area contributed by atoms with Crippen LogP contribution >= 0.6 is 0 Å². The summed E-state index contributed by atoms with van der Waals surface area (Å²) in [6.07, 6.45) is 0. The monoisotopic (exact) mass is 200 g/mol. The molecule has 0 heteroatoms. The SMILES string of the molecule is [c]1cc2cccc3[c]cc4cccc1c4c32. The molecule has 0 aromatic heterocycles. The predicted molar refractivity (Wildman–Crippen MR) is 67.8 cm³/mol. The molecule has 4 aromatic rings. The van der Waals surface area contributed by atoms with Gasteiger partial charge in [0.1, 0.15) is 0 Å². The van der Waals surface area contributed by atoms with Gasteiger partial charge in [-0.05, 0) is 56.6 Å². The summed E-state index contributed by atoms with van der Waals surface area (Å²) in [7, 11) is 0. The van der Waals surface area contributed by atoms with Crippen molar-refractivity contribution < 1.29 is 0 Å². The van der Waals surface area contributed by atoms with Crippen molar-refractivity contribution in [3.63, 3.8) is 0 Å². The maximum atomic E-state index is 3.35. The Labute approximate surface area is 93.5 Å². The Morgan fingerprint density at radius 1 is 0.625 bits per heavy atom. The van der Waals surface area contributed by atoms with Gasteiger partial charge in [0.2, 0.25) is 0 Å². The molecule has 0 saturated heterocycles. The van der Waals surface area contributed by atoms with Gasteiger partial charge in [0.15, 0.2) is 0 Å². The molecule has 0 bridgehead atoms. The summed E-state index contributed by atoms with van der Waals surface area (Å²) in [4.78, 5) is 0. The van der Waals surface area contributed by atoms with Crippen LogP contribution in [0.4, 0.5) is 0 Å². The van der Waals surface area contributed by atoms with E-state index in [1.165, 1.54) is 32.3 Å². The van der Waals surface area contributed by atoms with E-state index in [9.17, 15) is 0 Å². The third-order valence-corrected chi connectivity index (χ3v) is 3.21. The average molecular weight is 200 g/mol. The second kappa shape index (κ2) is 2.73. The normalized spacial score (nSPS) is 11.8. The van der Waals surface area contributed by atoms with Crippen LogP contribution in [0.15, 0.2) is 48.5 Å². The van der Waals surface area contributed by atoms with Crippen LogP contribution < -0.4 is 0 Å². The van der Waals surface area contributed by atoms with E-state index in [0.717, 1.165) is 0 Å². The van der Waals surface area contributed by atoms with E-state index in [-0.39, 0.29) is 0 Å². The Morgan fingerprint density at radius 2 is 1.12 bits per heavy atom. The van der Waals surface area contributed by atoms with Crippen molar-refractivity contribution in [2.75, 3.05) is 0 Å². The van der Waals surface area contributed by atoms with Crippen LogP contribution in [0, 0.1) is 12.1 Å². The average Bonchev–Trinajstić information content (AvgIpc) is 2.36.